The van der Waals surface area contributed by atoms with Crippen LogP contribution in [0.5, 0.6) is 5.75 Å². The van der Waals surface area contributed by atoms with Crippen molar-refractivity contribution in [1.29, 1.82) is 0 Å². The highest BCUT2D eigenvalue weighted by atomic mass is 35.5. The predicted octanol–water partition coefficient (Wildman–Crippen LogP) is 3.23. The van der Waals surface area contributed by atoms with E-state index in [1.807, 2.05) is 24.3 Å². The molecule has 0 saturated heterocycles. The Morgan fingerprint density at radius 1 is 1.30 bits per heavy atom. The van der Waals surface area contributed by atoms with Crippen LogP contribution in [0, 0.1) is 5.82 Å². The Morgan fingerprint density at radius 3 is 2.65 bits per heavy atom. The largest absolute Gasteiger partial charge is 0.494 e. The average molecular weight is 295 g/mol. The van der Waals surface area contributed by atoms with Crippen LogP contribution in [-0.4, -0.2) is 7.11 Å². The normalized spacial score (nSPS) is 12.2. The Balaban J connectivity index is 2.23. The van der Waals surface area contributed by atoms with E-state index in [0.717, 1.165) is 11.1 Å². The summed E-state index contributed by atoms with van der Waals surface area (Å²) in [4.78, 5) is 0. The zero-order chi connectivity index (χ0) is 14.5. The van der Waals surface area contributed by atoms with Gasteiger partial charge in [-0.1, -0.05) is 35.9 Å². The molecule has 0 amide bonds. The molecule has 20 heavy (non-hydrogen) atoms. The number of hydrazine groups is 1. The first kappa shape index (κ1) is 14.8. The second kappa shape index (κ2) is 6.70. The Hall–Kier alpha value is -1.62. The van der Waals surface area contributed by atoms with Crippen LogP contribution >= 0.6 is 11.6 Å². The molecule has 0 heterocycles. The summed E-state index contributed by atoms with van der Waals surface area (Å²) < 4.78 is 18.6. The van der Waals surface area contributed by atoms with Crippen molar-refractivity contribution in [1.82, 2.24) is 5.43 Å². The Labute approximate surface area is 122 Å². The van der Waals surface area contributed by atoms with Gasteiger partial charge < -0.3 is 4.74 Å². The van der Waals surface area contributed by atoms with Crippen LogP contribution in [0.3, 0.4) is 0 Å². The van der Waals surface area contributed by atoms with Gasteiger partial charge in [0.15, 0.2) is 11.6 Å². The van der Waals surface area contributed by atoms with Gasteiger partial charge in [-0.2, -0.15) is 0 Å². The van der Waals surface area contributed by atoms with Gasteiger partial charge in [0.2, 0.25) is 0 Å². The molecule has 0 saturated carbocycles. The van der Waals surface area contributed by atoms with Gasteiger partial charge in [0.1, 0.15) is 0 Å². The Kier molecular flexibility index (Phi) is 4.95. The molecule has 5 heteroatoms. The first-order chi connectivity index (χ1) is 9.65. The van der Waals surface area contributed by atoms with Crippen molar-refractivity contribution in [3.8, 4) is 5.75 Å². The van der Waals surface area contributed by atoms with E-state index in [9.17, 15) is 4.39 Å². The maximum atomic E-state index is 13.7. The molecule has 106 valence electrons. The highest BCUT2D eigenvalue weighted by Gasteiger charge is 2.14. The number of methoxy groups -OCH3 is 1. The zero-order valence-corrected chi connectivity index (χ0v) is 11.8. The van der Waals surface area contributed by atoms with Gasteiger partial charge in [-0.3, -0.25) is 11.3 Å². The van der Waals surface area contributed by atoms with E-state index in [0.29, 0.717) is 11.4 Å². The SMILES string of the molecule is COc1ccc(CC(NN)c2ccccc2Cl)cc1F. The van der Waals surface area contributed by atoms with Crippen molar-refractivity contribution >= 4 is 11.6 Å². The standard InChI is InChI=1S/C15H16ClFN2O/c1-20-15-7-6-10(8-13(15)17)9-14(19-18)11-4-2-3-5-12(11)16/h2-8,14,19H,9,18H2,1H3. The van der Waals surface area contributed by atoms with E-state index in [1.165, 1.54) is 13.2 Å². The van der Waals surface area contributed by atoms with Crippen molar-refractivity contribution in [2.45, 2.75) is 12.5 Å². The van der Waals surface area contributed by atoms with Crippen LogP contribution in [0.15, 0.2) is 42.5 Å². The second-order valence-corrected chi connectivity index (χ2v) is 4.82. The number of nitrogens with one attached hydrogen (secondary N) is 1. The van der Waals surface area contributed by atoms with Crippen molar-refractivity contribution in [3.63, 3.8) is 0 Å². The van der Waals surface area contributed by atoms with E-state index in [-0.39, 0.29) is 17.6 Å². The molecule has 0 radical (unpaired) electrons. The fourth-order valence-corrected chi connectivity index (χ4v) is 2.36. The lowest BCUT2D eigenvalue weighted by atomic mass is 9.99. The van der Waals surface area contributed by atoms with Gasteiger partial charge in [-0.25, -0.2) is 4.39 Å². The Bertz CT molecular complexity index is 592. The number of rotatable bonds is 5. The van der Waals surface area contributed by atoms with E-state index in [1.54, 1.807) is 12.1 Å². The molecular formula is C15H16ClFN2O. The minimum absolute atomic E-state index is 0.184. The Morgan fingerprint density at radius 2 is 2.05 bits per heavy atom. The molecular weight excluding hydrogens is 279 g/mol. The smallest absolute Gasteiger partial charge is 0.165 e. The highest BCUT2D eigenvalue weighted by molar-refractivity contribution is 6.31. The minimum atomic E-state index is -0.389. The van der Waals surface area contributed by atoms with Gasteiger partial charge in [0, 0.05) is 5.02 Å². The molecule has 2 aromatic carbocycles. The molecule has 3 nitrogen and oxygen atoms in total. The third kappa shape index (κ3) is 3.28. The average Bonchev–Trinajstić information content (AvgIpc) is 2.46. The number of nitrogens with two attached hydrogens (primary N) is 1. The fraction of sp³-hybridized carbons (Fsp3) is 0.200. The van der Waals surface area contributed by atoms with E-state index in [2.05, 4.69) is 5.43 Å². The monoisotopic (exact) mass is 294 g/mol. The van der Waals surface area contributed by atoms with Crippen molar-refractivity contribution in [3.05, 3.63) is 64.4 Å². The summed E-state index contributed by atoms with van der Waals surface area (Å²) in [5.41, 5.74) is 4.41. The van der Waals surface area contributed by atoms with Crippen LogP contribution < -0.4 is 16.0 Å². The maximum Gasteiger partial charge on any atom is 0.165 e. The van der Waals surface area contributed by atoms with Gasteiger partial charge in [-0.05, 0) is 35.7 Å². The topological polar surface area (TPSA) is 47.3 Å². The number of halogens is 2. The lowest BCUT2D eigenvalue weighted by molar-refractivity contribution is 0.386. The molecule has 0 bridgehead atoms. The van der Waals surface area contributed by atoms with Crippen LogP contribution in [0.1, 0.15) is 17.2 Å². The molecule has 2 aromatic rings. The molecule has 0 aliphatic rings. The van der Waals surface area contributed by atoms with Gasteiger partial charge in [0.25, 0.3) is 0 Å². The lowest BCUT2D eigenvalue weighted by Gasteiger charge is -2.18. The molecule has 0 aromatic heterocycles. The molecule has 1 unspecified atom stereocenters. The molecule has 0 aliphatic heterocycles. The van der Waals surface area contributed by atoms with Gasteiger partial charge in [0.05, 0.1) is 13.2 Å². The summed E-state index contributed by atoms with van der Waals surface area (Å²) in [6, 6.07) is 12.1. The van der Waals surface area contributed by atoms with Crippen LogP contribution in [0.2, 0.25) is 5.02 Å². The van der Waals surface area contributed by atoms with E-state index >= 15 is 0 Å². The third-order valence-electron chi connectivity index (χ3n) is 3.14. The number of ether oxygens (including phenoxy) is 1. The highest BCUT2D eigenvalue weighted by Crippen LogP contribution is 2.26. The molecule has 2 rings (SSSR count). The van der Waals surface area contributed by atoms with E-state index < -0.39 is 0 Å². The van der Waals surface area contributed by atoms with Crippen LogP contribution in [-0.2, 0) is 6.42 Å². The van der Waals surface area contributed by atoms with Gasteiger partial charge in [-0.15, -0.1) is 0 Å². The molecule has 0 aliphatic carbocycles. The van der Waals surface area contributed by atoms with Crippen LogP contribution in [0.4, 0.5) is 4.39 Å². The number of hydrogen-bond donors (Lipinski definition) is 2. The third-order valence-corrected chi connectivity index (χ3v) is 3.48. The summed E-state index contributed by atoms with van der Waals surface area (Å²) in [5.74, 6) is 5.43. The number of benzene rings is 2. The van der Waals surface area contributed by atoms with Crippen molar-refractivity contribution in [2.24, 2.45) is 5.84 Å². The lowest BCUT2D eigenvalue weighted by Crippen LogP contribution is -2.29. The minimum Gasteiger partial charge on any atom is -0.494 e. The second-order valence-electron chi connectivity index (χ2n) is 4.41. The summed E-state index contributed by atoms with van der Waals surface area (Å²) in [5, 5.41) is 0.629. The predicted molar refractivity (Wildman–Crippen MR) is 78.2 cm³/mol. The zero-order valence-electron chi connectivity index (χ0n) is 11.1. The van der Waals surface area contributed by atoms with Gasteiger partial charge >= 0.3 is 0 Å². The molecule has 0 spiro atoms. The maximum absolute atomic E-state index is 13.7. The first-order valence-corrected chi connectivity index (χ1v) is 6.56. The number of hydrogen-bond acceptors (Lipinski definition) is 3. The molecule has 3 N–H and O–H groups in total. The summed E-state index contributed by atoms with van der Waals surface area (Å²) in [6.45, 7) is 0. The first-order valence-electron chi connectivity index (χ1n) is 6.18. The molecule has 0 fully saturated rings. The van der Waals surface area contributed by atoms with Crippen molar-refractivity contribution < 1.29 is 9.13 Å². The van der Waals surface area contributed by atoms with Crippen molar-refractivity contribution in [2.75, 3.05) is 7.11 Å². The quantitative estimate of drug-likeness (QED) is 0.657. The summed E-state index contributed by atoms with van der Waals surface area (Å²) in [6.07, 6.45) is 0.529. The molecule has 1 atom stereocenters. The summed E-state index contributed by atoms with van der Waals surface area (Å²) in [7, 11) is 1.44. The van der Waals surface area contributed by atoms with Crippen LogP contribution in [0.25, 0.3) is 0 Å². The fourth-order valence-electron chi connectivity index (χ4n) is 2.09. The summed E-state index contributed by atoms with van der Waals surface area (Å²) >= 11 is 6.15. The van der Waals surface area contributed by atoms with E-state index in [4.69, 9.17) is 22.2 Å².